The summed E-state index contributed by atoms with van der Waals surface area (Å²) in [6.07, 6.45) is 3.55. The van der Waals surface area contributed by atoms with E-state index in [1.165, 1.54) is 0 Å². The molecule has 0 aromatic carbocycles. The van der Waals surface area contributed by atoms with E-state index in [-0.39, 0.29) is 5.41 Å². The summed E-state index contributed by atoms with van der Waals surface area (Å²) in [5.74, 6) is 0.634. The summed E-state index contributed by atoms with van der Waals surface area (Å²) < 4.78 is 2.92. The number of imidazole rings is 1. The number of halogens is 2. The van der Waals surface area contributed by atoms with Crippen LogP contribution in [0.15, 0.2) is 12.5 Å². The molecule has 0 saturated heterocycles. The minimum Gasteiger partial charge on any atom is -0.328 e. The van der Waals surface area contributed by atoms with Crippen molar-refractivity contribution >= 4 is 34.2 Å². The fourth-order valence-corrected chi connectivity index (χ4v) is 3.01. The lowest BCUT2D eigenvalue weighted by atomic mass is 9.92. The lowest BCUT2D eigenvalue weighted by molar-refractivity contribution is 0.563. The predicted octanol–water partition coefficient (Wildman–Crippen LogP) is 3.92. The molecule has 0 amide bonds. The first-order chi connectivity index (χ1) is 8.84. The molecule has 2 aromatic heterocycles. The van der Waals surface area contributed by atoms with E-state index in [9.17, 15) is 0 Å². The zero-order chi connectivity index (χ0) is 14.2. The molecule has 2 heterocycles. The molecule has 0 radical (unpaired) electrons. The molecule has 4 nitrogen and oxygen atoms in total. The summed E-state index contributed by atoms with van der Waals surface area (Å²) in [7, 11) is 0. The van der Waals surface area contributed by atoms with Crippen LogP contribution in [-0.2, 0) is 12.0 Å². The molecular weight excluding hydrogens is 375 g/mol. The van der Waals surface area contributed by atoms with Gasteiger partial charge in [-0.1, -0.05) is 32.4 Å². The van der Waals surface area contributed by atoms with Crippen LogP contribution in [-0.4, -0.2) is 19.5 Å². The third kappa shape index (κ3) is 2.91. The van der Waals surface area contributed by atoms with Crippen molar-refractivity contribution in [2.75, 3.05) is 0 Å². The maximum atomic E-state index is 6.25. The Bertz CT molecular complexity index is 601. The highest BCUT2D eigenvalue weighted by Gasteiger charge is 2.23. The van der Waals surface area contributed by atoms with Crippen molar-refractivity contribution in [2.24, 2.45) is 0 Å². The minimum absolute atomic E-state index is 0.0745. The van der Waals surface area contributed by atoms with Crippen molar-refractivity contribution in [1.29, 1.82) is 0 Å². The average Bonchev–Trinajstić information content (AvgIpc) is 2.79. The highest BCUT2D eigenvalue weighted by Crippen LogP contribution is 2.31. The third-order valence-electron chi connectivity index (χ3n) is 2.80. The number of nitrogens with zero attached hydrogens (tertiary/aromatic N) is 4. The maximum Gasteiger partial charge on any atom is 0.179 e. The molecule has 0 saturated carbocycles. The van der Waals surface area contributed by atoms with Crippen molar-refractivity contribution in [3.63, 3.8) is 0 Å². The Morgan fingerprint density at radius 2 is 2.00 bits per heavy atom. The van der Waals surface area contributed by atoms with Crippen LogP contribution in [0.5, 0.6) is 0 Å². The summed E-state index contributed by atoms with van der Waals surface area (Å²) in [6, 6.07) is 0. The second-order valence-corrected chi connectivity index (χ2v) is 6.75. The molecule has 0 aliphatic heterocycles. The Labute approximate surface area is 131 Å². The number of hydrogen-bond donors (Lipinski definition) is 0. The molecule has 2 aromatic rings. The maximum absolute atomic E-state index is 6.25. The van der Waals surface area contributed by atoms with Crippen LogP contribution < -0.4 is 0 Å². The fourth-order valence-electron chi connectivity index (χ4n) is 1.79. The molecule has 0 atom stereocenters. The van der Waals surface area contributed by atoms with Crippen LogP contribution in [0.1, 0.15) is 33.4 Å². The smallest absolute Gasteiger partial charge is 0.179 e. The SMILES string of the molecule is CCn1cncc1-c1nc(Cl)c(I)c(C(C)(C)C)n1. The van der Waals surface area contributed by atoms with Crippen LogP contribution in [0.3, 0.4) is 0 Å². The number of aromatic nitrogens is 4. The first-order valence-electron chi connectivity index (χ1n) is 6.08. The summed E-state index contributed by atoms with van der Waals surface area (Å²) in [5, 5.41) is 0.499. The van der Waals surface area contributed by atoms with Gasteiger partial charge in [-0.3, -0.25) is 0 Å². The normalized spacial score (nSPS) is 11.9. The number of hydrogen-bond acceptors (Lipinski definition) is 3. The number of rotatable bonds is 2. The molecule has 0 spiro atoms. The van der Waals surface area contributed by atoms with E-state index in [4.69, 9.17) is 16.6 Å². The first-order valence-corrected chi connectivity index (χ1v) is 7.54. The van der Waals surface area contributed by atoms with Crippen molar-refractivity contribution < 1.29 is 0 Å². The summed E-state index contributed by atoms with van der Waals surface area (Å²) >= 11 is 8.45. The molecule has 0 aliphatic rings. The standard InChI is InChI=1S/C13H16ClIN4/c1-5-19-7-16-6-8(19)12-17-10(13(2,3)4)9(15)11(14)18-12/h6-7H,5H2,1-4H3. The number of aryl methyl sites for hydroxylation is 1. The molecule has 102 valence electrons. The van der Waals surface area contributed by atoms with Crippen molar-refractivity contribution in [2.45, 2.75) is 39.7 Å². The van der Waals surface area contributed by atoms with E-state index >= 15 is 0 Å². The molecule has 2 rings (SSSR count). The highest BCUT2D eigenvalue weighted by molar-refractivity contribution is 14.1. The quantitative estimate of drug-likeness (QED) is 0.577. The van der Waals surface area contributed by atoms with Gasteiger partial charge in [0.05, 0.1) is 21.8 Å². The molecule has 0 fully saturated rings. The second-order valence-electron chi connectivity index (χ2n) is 5.32. The monoisotopic (exact) mass is 390 g/mol. The first kappa shape index (κ1) is 14.7. The van der Waals surface area contributed by atoms with Crippen molar-refractivity contribution in [1.82, 2.24) is 19.5 Å². The Morgan fingerprint density at radius 3 is 2.58 bits per heavy atom. The van der Waals surface area contributed by atoms with Gasteiger partial charge in [-0.2, -0.15) is 0 Å². The molecule has 0 aliphatic carbocycles. The largest absolute Gasteiger partial charge is 0.328 e. The van der Waals surface area contributed by atoms with Gasteiger partial charge >= 0.3 is 0 Å². The van der Waals surface area contributed by atoms with Crippen molar-refractivity contribution in [3.05, 3.63) is 26.9 Å². The lowest BCUT2D eigenvalue weighted by Crippen LogP contribution is -2.17. The Morgan fingerprint density at radius 1 is 1.32 bits per heavy atom. The fraction of sp³-hybridized carbons (Fsp3) is 0.462. The van der Waals surface area contributed by atoms with Gasteiger partial charge in [0.15, 0.2) is 5.82 Å². The van der Waals surface area contributed by atoms with E-state index < -0.39 is 0 Å². The Hall–Kier alpha value is -0.690. The summed E-state index contributed by atoms with van der Waals surface area (Å²) in [6.45, 7) is 9.25. The second kappa shape index (κ2) is 5.36. The van der Waals surface area contributed by atoms with Crippen LogP contribution in [0.2, 0.25) is 5.15 Å². The topological polar surface area (TPSA) is 43.6 Å². The summed E-state index contributed by atoms with van der Waals surface area (Å²) in [4.78, 5) is 13.2. The zero-order valence-electron chi connectivity index (χ0n) is 11.4. The Kier molecular flexibility index (Phi) is 4.15. The van der Waals surface area contributed by atoms with Gasteiger partial charge in [-0.05, 0) is 29.5 Å². The van der Waals surface area contributed by atoms with Gasteiger partial charge in [0.25, 0.3) is 0 Å². The molecule has 0 unspecified atom stereocenters. The van der Waals surface area contributed by atoms with Gasteiger partial charge < -0.3 is 4.57 Å². The molecule has 6 heteroatoms. The van der Waals surface area contributed by atoms with E-state index in [1.807, 2.05) is 4.57 Å². The molecule has 0 bridgehead atoms. The lowest BCUT2D eigenvalue weighted by Gasteiger charge is -2.20. The highest BCUT2D eigenvalue weighted by atomic mass is 127. The van der Waals surface area contributed by atoms with E-state index in [0.717, 1.165) is 21.5 Å². The van der Waals surface area contributed by atoms with E-state index in [0.29, 0.717) is 11.0 Å². The van der Waals surface area contributed by atoms with Crippen LogP contribution in [0, 0.1) is 3.57 Å². The van der Waals surface area contributed by atoms with Gasteiger partial charge in [0.1, 0.15) is 10.8 Å². The zero-order valence-corrected chi connectivity index (χ0v) is 14.3. The molecule has 19 heavy (non-hydrogen) atoms. The minimum atomic E-state index is -0.0745. The summed E-state index contributed by atoms with van der Waals surface area (Å²) in [5.41, 5.74) is 1.79. The average molecular weight is 391 g/mol. The predicted molar refractivity (Wildman–Crippen MR) is 85.4 cm³/mol. The molecular formula is C13H16ClIN4. The van der Waals surface area contributed by atoms with E-state index in [1.54, 1.807) is 12.5 Å². The van der Waals surface area contributed by atoms with E-state index in [2.05, 4.69) is 60.3 Å². The van der Waals surface area contributed by atoms with Gasteiger partial charge in [0.2, 0.25) is 0 Å². The van der Waals surface area contributed by atoms with Gasteiger partial charge in [-0.15, -0.1) is 0 Å². The van der Waals surface area contributed by atoms with Crippen molar-refractivity contribution in [3.8, 4) is 11.5 Å². The van der Waals surface area contributed by atoms with Crippen LogP contribution >= 0.6 is 34.2 Å². The molecule has 0 N–H and O–H groups in total. The Balaban J connectivity index is 2.64. The van der Waals surface area contributed by atoms with Gasteiger partial charge in [0, 0.05) is 12.0 Å². The van der Waals surface area contributed by atoms with Crippen LogP contribution in [0.25, 0.3) is 11.5 Å². The third-order valence-corrected chi connectivity index (χ3v) is 4.42. The van der Waals surface area contributed by atoms with Crippen LogP contribution in [0.4, 0.5) is 0 Å². The van der Waals surface area contributed by atoms with Gasteiger partial charge in [-0.25, -0.2) is 15.0 Å².